The van der Waals surface area contributed by atoms with Gasteiger partial charge in [0.15, 0.2) is 0 Å². The Morgan fingerprint density at radius 2 is 2.06 bits per heavy atom. The van der Waals surface area contributed by atoms with Gasteiger partial charge in [0.05, 0.1) is 20.1 Å². The van der Waals surface area contributed by atoms with Gasteiger partial charge in [0.2, 0.25) is 0 Å². The van der Waals surface area contributed by atoms with Gasteiger partial charge in [0.25, 0.3) is 0 Å². The highest BCUT2D eigenvalue weighted by Gasteiger charge is 2.11. The van der Waals surface area contributed by atoms with Gasteiger partial charge < -0.3 is 5.73 Å². The van der Waals surface area contributed by atoms with Gasteiger partial charge in [-0.2, -0.15) is 0 Å². The second-order valence-corrected chi connectivity index (χ2v) is 6.82. The van der Waals surface area contributed by atoms with Crippen LogP contribution < -0.4 is 5.73 Å². The first-order valence-electron chi connectivity index (χ1n) is 5.06. The molecule has 2 aromatic heterocycles. The van der Waals surface area contributed by atoms with Crippen LogP contribution in [0.15, 0.2) is 28.7 Å². The summed E-state index contributed by atoms with van der Waals surface area (Å²) in [6.07, 6.45) is 0. The number of hydrogen-bond donors (Lipinski definition) is 1. The van der Waals surface area contributed by atoms with Gasteiger partial charge in [0, 0.05) is 4.47 Å². The number of halogens is 1. The zero-order valence-electron chi connectivity index (χ0n) is 9.03. The van der Waals surface area contributed by atoms with Crippen LogP contribution in [-0.4, -0.2) is 4.98 Å². The zero-order valence-corrected chi connectivity index (χ0v) is 12.2. The van der Waals surface area contributed by atoms with E-state index in [0.29, 0.717) is 0 Å². The van der Waals surface area contributed by atoms with Crippen LogP contribution in [0, 0.1) is 6.92 Å². The van der Waals surface area contributed by atoms with E-state index in [1.165, 1.54) is 15.1 Å². The number of benzene rings is 1. The molecule has 0 radical (unpaired) electrons. The number of fused-ring (bicyclic) bond motifs is 1. The minimum absolute atomic E-state index is 0.845. The van der Waals surface area contributed by atoms with Crippen molar-refractivity contribution >= 4 is 53.8 Å². The Hall–Kier alpha value is -0.910. The number of rotatable bonds is 1. The lowest BCUT2D eigenvalue weighted by Gasteiger charge is -1.90. The van der Waals surface area contributed by atoms with Gasteiger partial charge in [-0.1, -0.05) is 15.9 Å². The van der Waals surface area contributed by atoms with Crippen LogP contribution in [0.3, 0.4) is 0 Å². The molecular weight excluding hydrogens is 316 g/mol. The number of nitrogens with zero attached hydrogens (tertiary/aromatic N) is 1. The summed E-state index contributed by atoms with van der Waals surface area (Å²) in [6, 6.07) is 8.15. The number of aromatic nitrogens is 1. The Bertz CT molecular complexity index is 700. The van der Waals surface area contributed by atoms with Crippen molar-refractivity contribution in [1.29, 1.82) is 0 Å². The van der Waals surface area contributed by atoms with Gasteiger partial charge in [0.1, 0.15) is 5.01 Å². The average molecular weight is 325 g/mol. The number of nitrogen functional groups attached to an aromatic ring is 1. The lowest BCUT2D eigenvalue weighted by atomic mass is 10.3. The summed E-state index contributed by atoms with van der Waals surface area (Å²) in [5, 5.41) is 1.90. The topological polar surface area (TPSA) is 38.9 Å². The smallest absolute Gasteiger partial charge is 0.134 e. The summed E-state index contributed by atoms with van der Waals surface area (Å²) in [4.78, 5) is 5.83. The molecule has 2 nitrogen and oxygen atoms in total. The number of thiophene rings is 1. The maximum Gasteiger partial charge on any atom is 0.134 e. The molecule has 0 bridgehead atoms. The van der Waals surface area contributed by atoms with E-state index in [4.69, 9.17) is 5.73 Å². The fourth-order valence-electron chi connectivity index (χ4n) is 1.71. The minimum Gasteiger partial charge on any atom is -0.391 e. The van der Waals surface area contributed by atoms with Crippen molar-refractivity contribution in [2.24, 2.45) is 0 Å². The molecule has 0 saturated carbocycles. The highest BCUT2D eigenvalue weighted by Crippen LogP contribution is 2.38. The molecule has 1 aromatic carbocycles. The third-order valence-corrected chi connectivity index (χ3v) is 5.21. The van der Waals surface area contributed by atoms with E-state index >= 15 is 0 Å². The van der Waals surface area contributed by atoms with Crippen LogP contribution in [0.4, 0.5) is 5.00 Å². The maximum absolute atomic E-state index is 5.82. The molecule has 0 aliphatic rings. The molecule has 2 N–H and O–H groups in total. The highest BCUT2D eigenvalue weighted by atomic mass is 79.9. The van der Waals surface area contributed by atoms with Crippen molar-refractivity contribution in [3.05, 3.63) is 34.3 Å². The van der Waals surface area contributed by atoms with Crippen LogP contribution in [0.1, 0.15) is 5.56 Å². The Morgan fingerprint density at radius 3 is 2.76 bits per heavy atom. The SMILES string of the molecule is Cc1cc(N)sc1-c1nc2ccc(Br)cc2s1. The van der Waals surface area contributed by atoms with Crippen molar-refractivity contribution < 1.29 is 0 Å². The van der Waals surface area contributed by atoms with E-state index in [9.17, 15) is 0 Å². The number of nitrogens with two attached hydrogens (primary N) is 1. The predicted octanol–water partition coefficient (Wildman–Crippen LogP) is 4.68. The van der Waals surface area contributed by atoms with Gasteiger partial charge in [-0.15, -0.1) is 22.7 Å². The van der Waals surface area contributed by atoms with E-state index in [0.717, 1.165) is 20.0 Å². The van der Waals surface area contributed by atoms with E-state index in [-0.39, 0.29) is 0 Å². The molecule has 0 aliphatic carbocycles. The van der Waals surface area contributed by atoms with Crippen LogP contribution in [-0.2, 0) is 0 Å². The first-order chi connectivity index (χ1) is 8.13. The van der Waals surface area contributed by atoms with Crippen molar-refractivity contribution in [3.63, 3.8) is 0 Å². The average Bonchev–Trinajstić information content (AvgIpc) is 2.80. The molecule has 86 valence electrons. The summed E-state index contributed by atoms with van der Waals surface area (Å²) in [6.45, 7) is 2.07. The van der Waals surface area contributed by atoms with E-state index in [1.54, 1.807) is 22.7 Å². The summed E-state index contributed by atoms with van der Waals surface area (Å²) < 4.78 is 2.28. The molecule has 5 heteroatoms. The Morgan fingerprint density at radius 1 is 1.24 bits per heavy atom. The van der Waals surface area contributed by atoms with E-state index in [2.05, 4.69) is 33.9 Å². The molecule has 0 unspecified atom stereocenters. The number of hydrogen-bond acceptors (Lipinski definition) is 4. The zero-order chi connectivity index (χ0) is 12.0. The normalized spacial score (nSPS) is 11.2. The molecule has 0 fully saturated rings. The van der Waals surface area contributed by atoms with Crippen molar-refractivity contribution in [2.45, 2.75) is 6.92 Å². The molecular formula is C12H9BrN2S2. The molecule has 17 heavy (non-hydrogen) atoms. The van der Waals surface area contributed by atoms with Crippen LogP contribution in [0.2, 0.25) is 0 Å². The van der Waals surface area contributed by atoms with Gasteiger partial charge in [-0.3, -0.25) is 0 Å². The molecule has 0 atom stereocenters. The molecule has 0 saturated heterocycles. The predicted molar refractivity (Wildman–Crippen MR) is 79.8 cm³/mol. The van der Waals surface area contributed by atoms with Gasteiger partial charge in [-0.05, 0) is 36.8 Å². The van der Waals surface area contributed by atoms with Crippen molar-refractivity contribution in [3.8, 4) is 9.88 Å². The first kappa shape index (κ1) is 11.2. The second kappa shape index (κ2) is 4.08. The van der Waals surface area contributed by atoms with Crippen LogP contribution in [0.25, 0.3) is 20.1 Å². The summed E-state index contributed by atoms with van der Waals surface area (Å²) in [5.41, 5.74) is 8.06. The highest BCUT2D eigenvalue weighted by molar-refractivity contribution is 9.10. The second-order valence-electron chi connectivity index (χ2n) is 3.79. The Balaban J connectivity index is 2.21. The maximum atomic E-state index is 5.82. The van der Waals surface area contributed by atoms with Gasteiger partial charge in [-0.25, -0.2) is 4.98 Å². The van der Waals surface area contributed by atoms with Crippen molar-refractivity contribution in [2.75, 3.05) is 5.73 Å². The fraction of sp³-hybridized carbons (Fsp3) is 0.0833. The number of aryl methyl sites for hydroxylation is 1. The standard InChI is InChI=1S/C12H9BrN2S2/c1-6-4-10(14)17-11(6)12-15-8-3-2-7(13)5-9(8)16-12/h2-5H,14H2,1H3. The molecule has 3 rings (SSSR count). The molecule has 2 heterocycles. The minimum atomic E-state index is 0.845. The first-order valence-corrected chi connectivity index (χ1v) is 7.48. The van der Waals surface area contributed by atoms with Gasteiger partial charge >= 0.3 is 0 Å². The molecule has 0 aliphatic heterocycles. The summed E-state index contributed by atoms with van der Waals surface area (Å²) in [5.74, 6) is 0. The van der Waals surface area contributed by atoms with E-state index in [1.807, 2.05) is 18.2 Å². The lowest BCUT2D eigenvalue weighted by molar-refractivity contribution is 1.46. The van der Waals surface area contributed by atoms with Crippen LogP contribution >= 0.6 is 38.6 Å². The molecule has 3 aromatic rings. The molecule has 0 amide bonds. The lowest BCUT2D eigenvalue weighted by Crippen LogP contribution is -1.73. The quantitative estimate of drug-likeness (QED) is 0.706. The van der Waals surface area contributed by atoms with Crippen molar-refractivity contribution in [1.82, 2.24) is 4.98 Å². The monoisotopic (exact) mass is 324 g/mol. The summed E-state index contributed by atoms with van der Waals surface area (Å²) in [7, 11) is 0. The fourth-order valence-corrected chi connectivity index (χ4v) is 4.31. The number of anilines is 1. The van der Waals surface area contributed by atoms with E-state index < -0.39 is 0 Å². The Kier molecular flexibility index (Phi) is 2.69. The largest absolute Gasteiger partial charge is 0.391 e. The Labute approximate surface area is 115 Å². The number of thiazole rings is 1. The van der Waals surface area contributed by atoms with Crippen LogP contribution in [0.5, 0.6) is 0 Å². The third kappa shape index (κ3) is 1.99. The third-order valence-electron chi connectivity index (χ3n) is 2.48. The summed E-state index contributed by atoms with van der Waals surface area (Å²) >= 11 is 6.78. The molecule has 0 spiro atoms.